The Morgan fingerprint density at radius 3 is 2.67 bits per heavy atom. The van der Waals surface area contributed by atoms with E-state index in [0.717, 1.165) is 22.1 Å². The van der Waals surface area contributed by atoms with Crippen LogP contribution in [-0.2, 0) is 23.7 Å². The van der Waals surface area contributed by atoms with Crippen LogP contribution in [0.2, 0.25) is 0 Å². The predicted molar refractivity (Wildman–Crippen MR) is 127 cm³/mol. The lowest BCUT2D eigenvalue weighted by atomic mass is 10.2. The maximum atomic E-state index is 13.0. The van der Waals surface area contributed by atoms with Crippen molar-refractivity contribution in [1.82, 2.24) is 14.9 Å². The van der Waals surface area contributed by atoms with Crippen molar-refractivity contribution in [2.24, 2.45) is 7.05 Å². The number of allylic oxidation sites excluding steroid dienone is 5. The van der Waals surface area contributed by atoms with Crippen LogP contribution in [0.15, 0.2) is 70.6 Å². The molecule has 1 aromatic carbocycles. The zero-order valence-electron chi connectivity index (χ0n) is 18.7. The standard InChI is InChI=1S/C23H26N4O5S/c1-16-9-7-8-12-18(13-16)15-33(30,31)26-23-25-19(21(28)24-2)20(22(29)27(23)3)32-14-17-10-5-4-6-11-17/h4-6,8-13H,7,14-15H2,1-3H3,(H,24,28)(H,25,26). The van der Waals surface area contributed by atoms with Crippen molar-refractivity contribution in [1.29, 1.82) is 0 Å². The first-order chi connectivity index (χ1) is 15.7. The van der Waals surface area contributed by atoms with Gasteiger partial charge in [0, 0.05) is 14.1 Å². The second-order valence-corrected chi connectivity index (χ2v) is 9.22. The second kappa shape index (κ2) is 10.3. The Hall–Kier alpha value is -3.66. The number of carbonyl (C=O) groups excluding carboxylic acids is 1. The molecule has 1 heterocycles. The van der Waals surface area contributed by atoms with Gasteiger partial charge < -0.3 is 10.1 Å². The number of amides is 1. The largest absolute Gasteiger partial charge is 0.481 e. The van der Waals surface area contributed by atoms with Gasteiger partial charge in [-0.1, -0.05) is 60.2 Å². The van der Waals surface area contributed by atoms with Crippen LogP contribution in [0.5, 0.6) is 5.75 Å². The van der Waals surface area contributed by atoms with Crippen LogP contribution in [-0.4, -0.2) is 36.7 Å². The number of aromatic nitrogens is 2. The van der Waals surface area contributed by atoms with E-state index in [9.17, 15) is 18.0 Å². The maximum absolute atomic E-state index is 13.0. The van der Waals surface area contributed by atoms with E-state index in [2.05, 4.69) is 15.0 Å². The smallest absolute Gasteiger partial charge is 0.297 e. The third-order valence-corrected chi connectivity index (χ3v) is 6.05. The van der Waals surface area contributed by atoms with Gasteiger partial charge in [0.1, 0.15) is 6.61 Å². The monoisotopic (exact) mass is 470 g/mol. The molecule has 2 N–H and O–H groups in total. The molecule has 0 radical (unpaired) electrons. The quantitative estimate of drug-likeness (QED) is 0.611. The van der Waals surface area contributed by atoms with Gasteiger partial charge in [0.25, 0.3) is 11.5 Å². The van der Waals surface area contributed by atoms with Gasteiger partial charge in [-0.15, -0.1) is 0 Å². The number of rotatable bonds is 8. The van der Waals surface area contributed by atoms with Crippen LogP contribution in [0.1, 0.15) is 29.4 Å². The Kier molecular flexibility index (Phi) is 7.49. The van der Waals surface area contributed by atoms with Gasteiger partial charge in [-0.05, 0) is 24.5 Å². The van der Waals surface area contributed by atoms with Crippen molar-refractivity contribution in [3.05, 3.63) is 87.4 Å². The molecule has 9 nitrogen and oxygen atoms in total. The maximum Gasteiger partial charge on any atom is 0.297 e. The molecule has 10 heteroatoms. The Balaban J connectivity index is 1.92. The lowest BCUT2D eigenvalue weighted by Gasteiger charge is -2.15. The molecule has 1 aliphatic rings. The summed E-state index contributed by atoms with van der Waals surface area (Å²) in [6.07, 6.45) is 8.10. The average molecular weight is 471 g/mol. The number of nitrogens with zero attached hydrogens (tertiary/aromatic N) is 2. The Labute approximate surface area is 192 Å². The minimum absolute atomic E-state index is 0.0419. The molecule has 0 saturated heterocycles. The van der Waals surface area contributed by atoms with Crippen LogP contribution in [0.4, 0.5) is 5.95 Å². The molecule has 0 spiro atoms. The number of hydrogen-bond acceptors (Lipinski definition) is 6. The molecule has 1 amide bonds. The minimum Gasteiger partial charge on any atom is -0.481 e. The van der Waals surface area contributed by atoms with Crippen LogP contribution in [0, 0.1) is 0 Å². The van der Waals surface area contributed by atoms with Crippen LogP contribution < -0.4 is 20.3 Å². The Bertz CT molecular complexity index is 1290. The number of benzene rings is 1. The first-order valence-electron chi connectivity index (χ1n) is 10.2. The van der Waals surface area contributed by atoms with E-state index in [-0.39, 0.29) is 29.8 Å². The van der Waals surface area contributed by atoms with Crippen molar-refractivity contribution >= 4 is 21.9 Å². The zero-order valence-corrected chi connectivity index (χ0v) is 19.5. The molecule has 33 heavy (non-hydrogen) atoms. The van der Waals surface area contributed by atoms with E-state index in [1.807, 2.05) is 49.4 Å². The molecule has 1 aromatic heterocycles. The second-order valence-electron chi connectivity index (χ2n) is 7.50. The summed E-state index contributed by atoms with van der Waals surface area (Å²) in [6.45, 7) is 1.93. The SMILES string of the molecule is CNC(=O)c1nc(NS(=O)(=O)CC2=CC(C)=CCC=C2)n(C)c(=O)c1OCc1ccccc1. The summed E-state index contributed by atoms with van der Waals surface area (Å²) in [5, 5.41) is 2.40. The number of sulfonamides is 1. The molecule has 1 aliphatic carbocycles. The first kappa shape index (κ1) is 24.0. The molecule has 174 valence electrons. The topological polar surface area (TPSA) is 119 Å². The van der Waals surface area contributed by atoms with Gasteiger partial charge in [0.2, 0.25) is 21.7 Å². The van der Waals surface area contributed by atoms with Crippen molar-refractivity contribution in [2.45, 2.75) is 20.0 Å². The van der Waals surface area contributed by atoms with Gasteiger partial charge in [0.05, 0.1) is 5.75 Å². The van der Waals surface area contributed by atoms with Crippen molar-refractivity contribution in [3.8, 4) is 5.75 Å². The summed E-state index contributed by atoms with van der Waals surface area (Å²) >= 11 is 0. The van der Waals surface area contributed by atoms with Gasteiger partial charge >= 0.3 is 0 Å². The fraction of sp³-hybridized carbons (Fsp3) is 0.261. The number of hydrogen-bond donors (Lipinski definition) is 2. The van der Waals surface area contributed by atoms with E-state index in [0.29, 0.717) is 5.57 Å². The highest BCUT2D eigenvalue weighted by molar-refractivity contribution is 7.92. The van der Waals surface area contributed by atoms with Crippen LogP contribution in [0.25, 0.3) is 0 Å². The summed E-state index contributed by atoms with van der Waals surface area (Å²) in [5.74, 6) is -1.53. The number of anilines is 1. The van der Waals surface area contributed by atoms with E-state index >= 15 is 0 Å². The summed E-state index contributed by atoms with van der Waals surface area (Å²) in [7, 11) is -1.18. The minimum atomic E-state index is -3.92. The molecule has 0 atom stereocenters. The summed E-state index contributed by atoms with van der Waals surface area (Å²) < 4.78 is 34.6. The molecule has 0 unspecified atom stereocenters. The third-order valence-electron chi connectivity index (χ3n) is 4.84. The summed E-state index contributed by atoms with van der Waals surface area (Å²) in [6, 6.07) is 9.12. The van der Waals surface area contributed by atoms with Gasteiger partial charge in [0.15, 0.2) is 5.69 Å². The highest BCUT2D eigenvalue weighted by atomic mass is 32.2. The molecule has 0 bridgehead atoms. The first-order valence-corrected chi connectivity index (χ1v) is 11.9. The lowest BCUT2D eigenvalue weighted by molar-refractivity contribution is 0.0952. The normalized spacial score (nSPS) is 13.5. The van der Waals surface area contributed by atoms with E-state index in [1.165, 1.54) is 14.1 Å². The summed E-state index contributed by atoms with van der Waals surface area (Å²) in [4.78, 5) is 29.5. The van der Waals surface area contributed by atoms with Gasteiger partial charge in [-0.25, -0.2) is 13.4 Å². The molecule has 3 rings (SSSR count). The van der Waals surface area contributed by atoms with E-state index < -0.39 is 21.5 Å². The van der Waals surface area contributed by atoms with E-state index in [4.69, 9.17) is 4.74 Å². The molecular formula is C23H26N4O5S. The number of ether oxygens (including phenoxy) is 1. The third kappa shape index (κ3) is 6.19. The zero-order chi connectivity index (χ0) is 24.0. The van der Waals surface area contributed by atoms with Gasteiger partial charge in [-0.3, -0.25) is 18.9 Å². The highest BCUT2D eigenvalue weighted by Gasteiger charge is 2.24. The lowest BCUT2D eigenvalue weighted by Crippen LogP contribution is -2.32. The fourth-order valence-electron chi connectivity index (χ4n) is 3.16. The van der Waals surface area contributed by atoms with Crippen LogP contribution in [0.3, 0.4) is 0 Å². The molecule has 2 aromatic rings. The Morgan fingerprint density at radius 1 is 1.24 bits per heavy atom. The van der Waals surface area contributed by atoms with E-state index in [1.54, 1.807) is 12.2 Å². The number of carbonyl (C=O) groups is 1. The summed E-state index contributed by atoms with van der Waals surface area (Å²) in [5.41, 5.74) is 1.35. The van der Waals surface area contributed by atoms with Crippen LogP contribution >= 0.6 is 0 Å². The highest BCUT2D eigenvalue weighted by Crippen LogP contribution is 2.18. The van der Waals surface area contributed by atoms with Crippen molar-refractivity contribution in [3.63, 3.8) is 0 Å². The average Bonchev–Trinajstić information content (AvgIpc) is 2.99. The number of nitrogens with one attached hydrogen (secondary N) is 2. The molecule has 0 saturated carbocycles. The molecular weight excluding hydrogens is 444 g/mol. The van der Waals surface area contributed by atoms with Crippen molar-refractivity contribution < 1.29 is 17.9 Å². The molecule has 0 fully saturated rings. The predicted octanol–water partition coefficient (Wildman–Crippen LogP) is 2.29. The molecule has 0 aliphatic heterocycles. The van der Waals surface area contributed by atoms with Crippen molar-refractivity contribution in [2.75, 3.05) is 17.5 Å². The van der Waals surface area contributed by atoms with Gasteiger partial charge in [-0.2, -0.15) is 0 Å². The Morgan fingerprint density at radius 2 is 1.97 bits per heavy atom. The fourth-order valence-corrected chi connectivity index (χ4v) is 4.31.